The van der Waals surface area contributed by atoms with Crippen LogP contribution in [0.5, 0.6) is 0 Å². The first-order valence-corrected chi connectivity index (χ1v) is 5.95. The number of carbonyl (C=O) groups is 1. The molecule has 0 saturated heterocycles. The van der Waals surface area contributed by atoms with E-state index >= 15 is 0 Å². The summed E-state index contributed by atoms with van der Waals surface area (Å²) in [4.78, 5) is 11.7. The van der Waals surface area contributed by atoms with E-state index in [-0.39, 0.29) is 17.7 Å². The second-order valence-corrected chi connectivity index (χ2v) is 5.33. The zero-order valence-corrected chi connectivity index (χ0v) is 11.2. The lowest BCUT2D eigenvalue weighted by Crippen LogP contribution is -2.35. The van der Waals surface area contributed by atoms with Crippen molar-refractivity contribution in [2.75, 3.05) is 5.32 Å². The van der Waals surface area contributed by atoms with E-state index in [1.807, 2.05) is 24.3 Å². The maximum atomic E-state index is 11.7. The van der Waals surface area contributed by atoms with Gasteiger partial charge in [-0.05, 0) is 23.1 Å². The van der Waals surface area contributed by atoms with Crippen molar-refractivity contribution >= 4 is 11.6 Å². The predicted octanol–water partition coefficient (Wildman–Crippen LogP) is 2.27. The molecule has 1 aromatic rings. The highest BCUT2D eigenvalue weighted by Gasteiger charge is 2.14. The molecule has 3 N–H and O–H groups in total. The van der Waals surface area contributed by atoms with Crippen LogP contribution in [0.15, 0.2) is 24.3 Å². The Morgan fingerprint density at radius 3 is 2.39 bits per heavy atom. The molecular formula is C15H20N2O. The van der Waals surface area contributed by atoms with Gasteiger partial charge in [0.1, 0.15) is 0 Å². The fourth-order valence-electron chi connectivity index (χ4n) is 1.51. The van der Waals surface area contributed by atoms with Gasteiger partial charge < -0.3 is 11.1 Å². The topological polar surface area (TPSA) is 55.1 Å². The van der Waals surface area contributed by atoms with E-state index in [0.717, 1.165) is 5.69 Å². The molecule has 1 unspecified atom stereocenters. The fraction of sp³-hybridized carbons (Fsp3) is 0.400. The zero-order chi connectivity index (χ0) is 13.8. The van der Waals surface area contributed by atoms with Crippen molar-refractivity contribution in [3.05, 3.63) is 29.8 Å². The number of hydrogen-bond donors (Lipinski definition) is 2. The van der Waals surface area contributed by atoms with Crippen molar-refractivity contribution in [3.8, 4) is 12.3 Å². The normalized spacial score (nSPS) is 12.6. The Morgan fingerprint density at radius 1 is 1.39 bits per heavy atom. The van der Waals surface area contributed by atoms with Gasteiger partial charge in [-0.25, -0.2) is 0 Å². The summed E-state index contributed by atoms with van der Waals surface area (Å²) < 4.78 is 0. The minimum absolute atomic E-state index is 0.0996. The molecule has 1 amide bonds. The molecule has 0 heterocycles. The molecule has 96 valence electrons. The number of anilines is 1. The summed E-state index contributed by atoms with van der Waals surface area (Å²) in [6.07, 6.45) is 5.36. The Labute approximate surface area is 109 Å². The molecule has 0 radical (unpaired) electrons. The average molecular weight is 244 g/mol. The lowest BCUT2D eigenvalue weighted by Gasteiger charge is -2.19. The molecule has 0 saturated carbocycles. The van der Waals surface area contributed by atoms with Crippen LogP contribution in [0.4, 0.5) is 5.69 Å². The van der Waals surface area contributed by atoms with Gasteiger partial charge >= 0.3 is 0 Å². The summed E-state index contributed by atoms with van der Waals surface area (Å²) >= 11 is 0. The lowest BCUT2D eigenvalue weighted by molar-refractivity contribution is -0.117. The molecule has 3 nitrogen and oxygen atoms in total. The highest BCUT2D eigenvalue weighted by atomic mass is 16.2. The zero-order valence-electron chi connectivity index (χ0n) is 11.2. The average Bonchev–Trinajstić information content (AvgIpc) is 2.28. The highest BCUT2D eigenvalue weighted by Crippen LogP contribution is 2.23. The van der Waals surface area contributed by atoms with Gasteiger partial charge in [0.2, 0.25) is 5.91 Å². The molecule has 0 spiro atoms. The van der Waals surface area contributed by atoms with E-state index in [1.165, 1.54) is 5.56 Å². The molecular weight excluding hydrogens is 224 g/mol. The summed E-state index contributed by atoms with van der Waals surface area (Å²) in [5.41, 5.74) is 7.67. The van der Waals surface area contributed by atoms with Gasteiger partial charge in [0.25, 0.3) is 0 Å². The first-order chi connectivity index (χ1) is 8.34. The molecule has 0 fully saturated rings. The number of carbonyl (C=O) groups excluding carboxylic acids is 1. The van der Waals surface area contributed by atoms with Crippen LogP contribution in [0.1, 0.15) is 32.8 Å². The molecule has 0 aliphatic rings. The van der Waals surface area contributed by atoms with Crippen molar-refractivity contribution in [1.29, 1.82) is 0 Å². The van der Waals surface area contributed by atoms with Crippen LogP contribution < -0.4 is 11.1 Å². The molecule has 0 aliphatic heterocycles. The molecule has 3 heteroatoms. The van der Waals surface area contributed by atoms with Crippen LogP contribution in [0.2, 0.25) is 0 Å². The first-order valence-electron chi connectivity index (χ1n) is 5.95. The second kappa shape index (κ2) is 5.70. The minimum Gasteiger partial charge on any atom is -0.325 e. The van der Waals surface area contributed by atoms with Crippen molar-refractivity contribution in [3.63, 3.8) is 0 Å². The Morgan fingerprint density at radius 2 is 1.94 bits per heavy atom. The molecule has 18 heavy (non-hydrogen) atoms. The van der Waals surface area contributed by atoms with E-state index in [1.54, 1.807) is 0 Å². The van der Waals surface area contributed by atoms with Gasteiger partial charge in [-0.2, -0.15) is 0 Å². The third-order valence-corrected chi connectivity index (χ3v) is 2.69. The standard InChI is InChI=1S/C15H20N2O/c1-5-6-13(16)14(18)17-12-9-7-11(8-10-12)15(2,3)4/h1,7-10,13H,6,16H2,2-4H3,(H,17,18). The second-order valence-electron chi connectivity index (χ2n) is 5.33. The Kier molecular flexibility index (Phi) is 4.52. The van der Waals surface area contributed by atoms with Crippen LogP contribution in [0.25, 0.3) is 0 Å². The number of terminal acetylenes is 1. The van der Waals surface area contributed by atoms with Crippen molar-refractivity contribution in [1.82, 2.24) is 0 Å². The smallest absolute Gasteiger partial charge is 0.242 e. The monoisotopic (exact) mass is 244 g/mol. The Balaban J connectivity index is 2.70. The van der Waals surface area contributed by atoms with Gasteiger partial charge in [0.05, 0.1) is 6.04 Å². The summed E-state index contributed by atoms with van der Waals surface area (Å²) in [5.74, 6) is 2.12. The van der Waals surface area contributed by atoms with Gasteiger partial charge in [0.15, 0.2) is 0 Å². The largest absolute Gasteiger partial charge is 0.325 e. The minimum atomic E-state index is -0.655. The van der Waals surface area contributed by atoms with Gasteiger partial charge in [-0.15, -0.1) is 12.3 Å². The number of rotatable bonds is 3. The number of hydrogen-bond acceptors (Lipinski definition) is 2. The maximum Gasteiger partial charge on any atom is 0.242 e. The maximum absolute atomic E-state index is 11.7. The molecule has 0 bridgehead atoms. The third-order valence-electron chi connectivity index (χ3n) is 2.69. The van der Waals surface area contributed by atoms with Crippen LogP contribution in [0.3, 0.4) is 0 Å². The van der Waals surface area contributed by atoms with E-state index in [0.29, 0.717) is 0 Å². The van der Waals surface area contributed by atoms with Gasteiger partial charge in [0, 0.05) is 12.1 Å². The third kappa shape index (κ3) is 3.90. The molecule has 1 aromatic carbocycles. The summed E-state index contributed by atoms with van der Waals surface area (Å²) in [7, 11) is 0. The SMILES string of the molecule is C#CCC(N)C(=O)Nc1ccc(C(C)(C)C)cc1. The van der Waals surface area contributed by atoms with Gasteiger partial charge in [-0.1, -0.05) is 32.9 Å². The molecule has 0 aromatic heterocycles. The summed E-state index contributed by atoms with van der Waals surface area (Å²) in [6.45, 7) is 6.43. The van der Waals surface area contributed by atoms with Gasteiger partial charge in [-0.3, -0.25) is 4.79 Å². The van der Waals surface area contributed by atoms with Crippen molar-refractivity contribution in [2.45, 2.75) is 38.6 Å². The molecule has 1 atom stereocenters. The van der Waals surface area contributed by atoms with E-state index < -0.39 is 6.04 Å². The number of nitrogens with one attached hydrogen (secondary N) is 1. The highest BCUT2D eigenvalue weighted by molar-refractivity contribution is 5.94. The van der Waals surface area contributed by atoms with Crippen LogP contribution in [-0.2, 0) is 10.2 Å². The Bertz CT molecular complexity index is 449. The van der Waals surface area contributed by atoms with Crippen LogP contribution >= 0.6 is 0 Å². The first kappa shape index (κ1) is 14.3. The van der Waals surface area contributed by atoms with Crippen LogP contribution in [0, 0.1) is 12.3 Å². The summed E-state index contributed by atoms with van der Waals surface area (Å²) in [6, 6.07) is 7.10. The van der Waals surface area contributed by atoms with E-state index in [2.05, 4.69) is 32.0 Å². The van der Waals surface area contributed by atoms with E-state index in [9.17, 15) is 4.79 Å². The number of nitrogens with two attached hydrogens (primary N) is 1. The fourth-order valence-corrected chi connectivity index (χ4v) is 1.51. The number of benzene rings is 1. The molecule has 0 aliphatic carbocycles. The predicted molar refractivity (Wildman–Crippen MR) is 75.2 cm³/mol. The number of amides is 1. The van der Waals surface area contributed by atoms with Crippen molar-refractivity contribution < 1.29 is 4.79 Å². The summed E-state index contributed by atoms with van der Waals surface area (Å²) in [5, 5.41) is 2.75. The molecule has 1 rings (SSSR count). The van der Waals surface area contributed by atoms with Crippen LogP contribution in [-0.4, -0.2) is 11.9 Å². The quantitative estimate of drug-likeness (QED) is 0.801. The van der Waals surface area contributed by atoms with Crippen molar-refractivity contribution in [2.24, 2.45) is 5.73 Å². The Hall–Kier alpha value is -1.79. The lowest BCUT2D eigenvalue weighted by atomic mass is 9.87. The van der Waals surface area contributed by atoms with E-state index in [4.69, 9.17) is 12.2 Å².